The van der Waals surface area contributed by atoms with Crippen molar-refractivity contribution in [2.75, 3.05) is 26.8 Å². The number of hydrogen-bond acceptors (Lipinski definition) is 9. The van der Waals surface area contributed by atoms with Crippen molar-refractivity contribution < 1.29 is 46.3 Å². The number of carbonyl (C=O) groups is 2. The summed E-state index contributed by atoms with van der Waals surface area (Å²) in [4.78, 5) is 36.3. The average Bonchev–Trinajstić information content (AvgIpc) is 3.11. The molecule has 0 atom stereocenters. The molecule has 11 heteroatoms. The van der Waals surface area contributed by atoms with Gasteiger partial charge in [0.1, 0.15) is 6.61 Å². The summed E-state index contributed by atoms with van der Waals surface area (Å²) in [6.07, 6.45) is 41.9. The van der Waals surface area contributed by atoms with Crippen molar-refractivity contribution in [1.29, 1.82) is 0 Å². The van der Waals surface area contributed by atoms with Crippen molar-refractivity contribution in [3.8, 4) is 0 Å². The van der Waals surface area contributed by atoms with E-state index in [1.54, 1.807) is 0 Å². The van der Waals surface area contributed by atoms with Gasteiger partial charge in [0.25, 0.3) is 0 Å². The smallest absolute Gasteiger partial charge is 0.372 e. The van der Waals surface area contributed by atoms with E-state index in [0.717, 1.165) is 58.5 Å². The molecular formula is C42H81NO9S. The number of aliphatic hydroxyl groups is 1. The first-order valence-electron chi connectivity index (χ1n) is 21.3. The van der Waals surface area contributed by atoms with E-state index in [0.29, 0.717) is 25.8 Å². The maximum Gasteiger partial charge on any atom is 0.372 e. The topological polar surface area (TPSA) is 139 Å². The number of hydrogen-bond donors (Lipinski definition) is 1. The predicted octanol–water partition coefficient (Wildman–Crippen LogP) is 11.3. The van der Waals surface area contributed by atoms with Gasteiger partial charge in [0.05, 0.1) is 20.0 Å². The SMILES string of the molecule is CCCCCCCCC=CCCCCCCCC(=O)O[N+](CCC)(CCO)OC(=O)CCCCCCCC=CCCCCCCCC.COS(=O)(=O)[O-]. The molecule has 314 valence electrons. The van der Waals surface area contributed by atoms with E-state index >= 15 is 0 Å². The molecule has 0 radical (unpaired) electrons. The van der Waals surface area contributed by atoms with Crippen LogP contribution in [-0.2, 0) is 33.8 Å². The number of unbranched alkanes of at least 4 members (excludes halogenated alkanes) is 22. The van der Waals surface area contributed by atoms with Crippen LogP contribution >= 0.6 is 0 Å². The van der Waals surface area contributed by atoms with E-state index in [9.17, 15) is 27.7 Å². The van der Waals surface area contributed by atoms with Crippen LogP contribution in [0.2, 0.25) is 0 Å². The summed E-state index contributed by atoms with van der Waals surface area (Å²) in [5, 5.41) is 9.68. The van der Waals surface area contributed by atoms with E-state index in [4.69, 9.17) is 9.68 Å². The van der Waals surface area contributed by atoms with Crippen molar-refractivity contribution in [2.45, 2.75) is 207 Å². The molecular weight excluding hydrogens is 695 g/mol. The summed E-state index contributed by atoms with van der Waals surface area (Å²) < 4.78 is 31.0. The molecule has 0 aromatic rings. The number of carbonyl (C=O) groups excluding carboxylic acids is 2. The van der Waals surface area contributed by atoms with E-state index in [2.05, 4.69) is 42.3 Å². The molecule has 10 nitrogen and oxygen atoms in total. The molecule has 0 fully saturated rings. The Labute approximate surface area is 326 Å². The molecule has 0 saturated carbocycles. The maximum atomic E-state index is 12.7. The number of hydroxylamine groups is 4. The van der Waals surface area contributed by atoms with Gasteiger partial charge in [0, 0.05) is 11.2 Å². The Hall–Kier alpha value is -1.79. The molecule has 0 aromatic carbocycles. The van der Waals surface area contributed by atoms with E-state index in [1.165, 1.54) is 116 Å². The van der Waals surface area contributed by atoms with Crippen LogP contribution in [0.4, 0.5) is 0 Å². The highest BCUT2D eigenvalue weighted by atomic mass is 32.3. The van der Waals surface area contributed by atoms with Gasteiger partial charge in [-0.15, -0.1) is 0 Å². The van der Waals surface area contributed by atoms with Gasteiger partial charge < -0.3 is 9.66 Å². The van der Waals surface area contributed by atoms with Gasteiger partial charge in [-0.2, -0.15) is 0 Å². The minimum absolute atomic E-state index is 0.0596. The number of allylic oxidation sites excluding steroid dienone is 4. The van der Waals surface area contributed by atoms with E-state index < -0.39 is 15.2 Å². The third kappa shape index (κ3) is 41.2. The van der Waals surface area contributed by atoms with Crippen molar-refractivity contribution in [1.82, 2.24) is 0 Å². The molecule has 0 aliphatic rings. The van der Waals surface area contributed by atoms with Crippen molar-refractivity contribution in [3.05, 3.63) is 24.3 Å². The number of aliphatic hydroxyl groups excluding tert-OH is 1. The lowest BCUT2D eigenvalue weighted by Gasteiger charge is -2.30. The molecule has 0 rings (SSSR count). The van der Waals surface area contributed by atoms with Gasteiger partial charge in [0.2, 0.25) is 10.4 Å². The lowest BCUT2D eigenvalue weighted by Crippen LogP contribution is -2.52. The number of nitrogens with zero attached hydrogens (tertiary/aromatic N) is 1. The second-order valence-electron chi connectivity index (χ2n) is 14.2. The molecule has 0 saturated heterocycles. The molecule has 0 aliphatic carbocycles. The molecule has 0 amide bonds. The summed E-state index contributed by atoms with van der Waals surface area (Å²) >= 11 is 0. The Morgan fingerprint density at radius 2 is 0.830 bits per heavy atom. The highest BCUT2D eigenvalue weighted by Gasteiger charge is 2.37. The highest BCUT2D eigenvalue weighted by molar-refractivity contribution is 7.80. The zero-order valence-electron chi connectivity index (χ0n) is 34.5. The molecule has 0 aliphatic heterocycles. The second kappa shape index (κ2) is 39.9. The summed E-state index contributed by atoms with van der Waals surface area (Å²) in [6, 6.07) is 0. The lowest BCUT2D eigenvalue weighted by atomic mass is 10.1. The van der Waals surface area contributed by atoms with E-state index in [-0.39, 0.29) is 25.1 Å². The van der Waals surface area contributed by atoms with Crippen LogP contribution in [0.15, 0.2) is 24.3 Å². The Morgan fingerprint density at radius 1 is 0.528 bits per heavy atom. The van der Waals surface area contributed by atoms with Gasteiger partial charge in [-0.05, 0) is 64.2 Å². The quantitative estimate of drug-likeness (QED) is 0.0163. The summed E-state index contributed by atoms with van der Waals surface area (Å²) in [7, 11) is -3.60. The highest BCUT2D eigenvalue weighted by Crippen LogP contribution is 2.18. The molecule has 0 heterocycles. The fraction of sp³-hybridized carbons (Fsp3) is 0.857. The van der Waals surface area contributed by atoms with Crippen LogP contribution < -0.4 is 0 Å². The van der Waals surface area contributed by atoms with E-state index in [1.807, 2.05) is 6.92 Å². The lowest BCUT2D eigenvalue weighted by molar-refractivity contribution is -1.22. The molecule has 0 unspecified atom stereocenters. The van der Waals surface area contributed by atoms with Crippen molar-refractivity contribution >= 4 is 22.3 Å². The second-order valence-corrected chi connectivity index (χ2v) is 15.3. The zero-order chi connectivity index (χ0) is 39.7. The first-order valence-corrected chi connectivity index (χ1v) is 22.7. The zero-order valence-corrected chi connectivity index (χ0v) is 35.3. The van der Waals surface area contributed by atoms with Gasteiger partial charge in [-0.25, -0.2) is 27.7 Å². The van der Waals surface area contributed by atoms with Crippen LogP contribution in [0.5, 0.6) is 0 Å². The minimum Gasteiger partial charge on any atom is -0.726 e. The molecule has 1 N–H and O–H groups in total. The van der Waals surface area contributed by atoms with Crippen LogP contribution in [0, 0.1) is 0 Å². The third-order valence-electron chi connectivity index (χ3n) is 9.03. The fourth-order valence-electron chi connectivity index (χ4n) is 5.95. The standard InChI is InChI=1S/C41H78NO5.CH4O4S/c1-4-7-9-11-13-15-17-19-21-23-25-27-29-31-33-35-40(44)46-42(37-6-3,38-39-43)47-41(45)36-34-32-30-28-26-24-22-20-18-16-14-12-10-8-5-2;1-5-6(2,3)4/h19-22,43H,4-18,23-39H2,1-3H3;1H3,(H,2,3,4)/q+1;/p-1. The van der Waals surface area contributed by atoms with Crippen molar-refractivity contribution in [3.63, 3.8) is 0 Å². The van der Waals surface area contributed by atoms with Crippen LogP contribution in [0.1, 0.15) is 207 Å². The summed E-state index contributed by atoms with van der Waals surface area (Å²) in [5.41, 5.74) is 0. The monoisotopic (exact) mass is 776 g/mol. The van der Waals surface area contributed by atoms with Gasteiger partial charge in [0.15, 0.2) is 13.1 Å². The molecule has 53 heavy (non-hydrogen) atoms. The first kappa shape index (κ1) is 53.3. The predicted molar refractivity (Wildman–Crippen MR) is 215 cm³/mol. The van der Waals surface area contributed by atoms with Crippen LogP contribution in [0.3, 0.4) is 0 Å². The summed E-state index contributed by atoms with van der Waals surface area (Å²) in [6.45, 7) is 6.66. The van der Waals surface area contributed by atoms with Crippen LogP contribution in [-0.4, -0.2) is 61.6 Å². The van der Waals surface area contributed by atoms with Gasteiger partial charge >= 0.3 is 11.9 Å². The Balaban J connectivity index is 0. The van der Waals surface area contributed by atoms with Crippen LogP contribution in [0.25, 0.3) is 0 Å². The molecule has 0 bridgehead atoms. The maximum absolute atomic E-state index is 12.7. The van der Waals surface area contributed by atoms with Gasteiger partial charge in [-0.1, -0.05) is 148 Å². The van der Waals surface area contributed by atoms with Crippen molar-refractivity contribution in [2.24, 2.45) is 0 Å². The first-order chi connectivity index (χ1) is 25.6. The molecule has 0 spiro atoms. The minimum atomic E-state index is -4.41. The Bertz CT molecular complexity index is 923. The summed E-state index contributed by atoms with van der Waals surface area (Å²) in [5.74, 6) is -0.725. The Kier molecular flexibility index (Phi) is 40.1. The number of rotatable bonds is 37. The fourth-order valence-corrected chi connectivity index (χ4v) is 5.95. The van der Waals surface area contributed by atoms with Gasteiger partial charge in [-0.3, -0.25) is 4.18 Å². The third-order valence-corrected chi connectivity index (χ3v) is 9.44. The average molecular weight is 776 g/mol. The Morgan fingerprint density at radius 3 is 1.11 bits per heavy atom. The molecule has 0 aromatic heterocycles. The normalized spacial score (nSPS) is 12.9. The largest absolute Gasteiger partial charge is 0.726 e. The number of quaternary nitrogens is 1.